The Labute approximate surface area is 115 Å². The van der Waals surface area contributed by atoms with Gasteiger partial charge in [0.2, 0.25) is 0 Å². The molecule has 0 saturated heterocycles. The number of hydrogen-bond donors (Lipinski definition) is 2. The van der Waals surface area contributed by atoms with Crippen molar-refractivity contribution in [2.24, 2.45) is 0 Å². The fourth-order valence-electron chi connectivity index (χ4n) is 1.28. The summed E-state index contributed by atoms with van der Waals surface area (Å²) in [5.41, 5.74) is -0.0403. The first-order valence-electron chi connectivity index (χ1n) is 4.83. The molecule has 92 valence electrons. The van der Waals surface area contributed by atoms with Gasteiger partial charge in [-0.15, -0.1) is 11.3 Å². The smallest absolute Gasteiger partial charge is 0.339 e. The van der Waals surface area contributed by atoms with Crippen molar-refractivity contribution in [1.82, 2.24) is 4.98 Å². The van der Waals surface area contributed by atoms with Gasteiger partial charge < -0.3 is 10.4 Å². The van der Waals surface area contributed by atoms with Crippen LogP contribution >= 0.6 is 27.3 Å². The number of aromatic carboxylic acids is 1. The van der Waals surface area contributed by atoms with Gasteiger partial charge in [-0.25, -0.2) is 9.78 Å². The maximum atomic E-state index is 11.8. The van der Waals surface area contributed by atoms with E-state index in [-0.39, 0.29) is 17.3 Å². The number of nitrogens with zero attached hydrogens (tertiary/aromatic N) is 1. The van der Waals surface area contributed by atoms with Crippen LogP contribution in [0.5, 0.6) is 0 Å². The van der Waals surface area contributed by atoms with Crippen molar-refractivity contribution in [3.63, 3.8) is 0 Å². The van der Waals surface area contributed by atoms with Gasteiger partial charge in [-0.3, -0.25) is 4.79 Å². The van der Waals surface area contributed by atoms with Crippen LogP contribution in [0.25, 0.3) is 0 Å². The van der Waals surface area contributed by atoms with Crippen LogP contribution in [-0.2, 0) is 0 Å². The summed E-state index contributed by atoms with van der Waals surface area (Å²) in [5, 5.41) is 11.4. The molecule has 1 amide bonds. The lowest BCUT2D eigenvalue weighted by atomic mass is 10.2. The van der Waals surface area contributed by atoms with Crippen LogP contribution < -0.4 is 5.32 Å². The predicted octanol–water partition coefficient (Wildman–Crippen LogP) is 2.86. The quantitative estimate of drug-likeness (QED) is 0.908. The molecule has 5 nitrogen and oxygen atoms in total. The highest BCUT2D eigenvalue weighted by Crippen LogP contribution is 2.23. The molecule has 0 radical (unpaired) electrons. The number of carboxylic acid groups (broad SMARTS) is 1. The third-order valence-electron chi connectivity index (χ3n) is 2.07. The van der Waals surface area contributed by atoms with E-state index in [0.717, 1.165) is 3.79 Å². The minimum absolute atomic E-state index is 0.0403. The van der Waals surface area contributed by atoms with Crippen LogP contribution in [0.15, 0.2) is 34.2 Å². The number of carboxylic acids is 1. The summed E-state index contributed by atoms with van der Waals surface area (Å²) < 4.78 is 0.826. The van der Waals surface area contributed by atoms with Gasteiger partial charge in [0, 0.05) is 6.20 Å². The summed E-state index contributed by atoms with van der Waals surface area (Å²) in [6.07, 6.45) is 1.42. The van der Waals surface area contributed by atoms with Crippen molar-refractivity contribution >= 4 is 45.0 Å². The number of halogens is 1. The molecule has 7 heteroatoms. The number of amides is 1. The van der Waals surface area contributed by atoms with Gasteiger partial charge in [0.05, 0.1) is 8.66 Å². The van der Waals surface area contributed by atoms with E-state index in [2.05, 4.69) is 26.2 Å². The van der Waals surface area contributed by atoms with Gasteiger partial charge in [-0.05, 0) is 40.2 Å². The van der Waals surface area contributed by atoms with Crippen molar-refractivity contribution in [2.75, 3.05) is 5.32 Å². The average Bonchev–Trinajstić information content (AvgIpc) is 2.76. The lowest BCUT2D eigenvalue weighted by molar-refractivity contribution is 0.0697. The number of rotatable bonds is 3. The Balaban J connectivity index is 2.24. The number of anilines is 1. The summed E-state index contributed by atoms with van der Waals surface area (Å²) in [6, 6.07) is 6.28. The Morgan fingerprint density at radius 3 is 2.72 bits per heavy atom. The van der Waals surface area contributed by atoms with Crippen molar-refractivity contribution in [1.29, 1.82) is 0 Å². The summed E-state index contributed by atoms with van der Waals surface area (Å²) in [4.78, 5) is 27.1. The molecule has 2 aromatic rings. The zero-order valence-electron chi connectivity index (χ0n) is 8.88. The lowest BCUT2D eigenvalue weighted by Crippen LogP contribution is -2.14. The van der Waals surface area contributed by atoms with E-state index in [1.165, 1.54) is 29.7 Å². The second kappa shape index (κ2) is 5.28. The second-order valence-corrected chi connectivity index (χ2v) is 5.73. The molecule has 0 saturated carbocycles. The van der Waals surface area contributed by atoms with Crippen LogP contribution in [0.1, 0.15) is 20.0 Å². The van der Waals surface area contributed by atoms with Gasteiger partial charge in [0.1, 0.15) is 11.4 Å². The molecule has 0 atom stereocenters. The highest BCUT2D eigenvalue weighted by Gasteiger charge is 2.15. The molecule has 2 heterocycles. The number of hydrogen-bond acceptors (Lipinski definition) is 4. The van der Waals surface area contributed by atoms with E-state index < -0.39 is 5.97 Å². The molecular weight excluding hydrogens is 320 g/mol. The molecule has 0 aliphatic rings. The number of carbonyl (C=O) groups excluding carboxylic acids is 1. The molecule has 0 aromatic carbocycles. The minimum atomic E-state index is -1.13. The van der Waals surface area contributed by atoms with E-state index in [1.54, 1.807) is 12.1 Å². The van der Waals surface area contributed by atoms with Gasteiger partial charge in [-0.1, -0.05) is 0 Å². The Morgan fingerprint density at radius 2 is 2.11 bits per heavy atom. The van der Waals surface area contributed by atoms with E-state index >= 15 is 0 Å². The van der Waals surface area contributed by atoms with Gasteiger partial charge >= 0.3 is 5.97 Å². The molecule has 2 aromatic heterocycles. The lowest BCUT2D eigenvalue weighted by Gasteiger charge is -2.05. The highest BCUT2D eigenvalue weighted by atomic mass is 79.9. The molecule has 0 fully saturated rings. The normalized spacial score (nSPS) is 10.1. The third-order valence-corrected chi connectivity index (χ3v) is 3.69. The topological polar surface area (TPSA) is 79.3 Å². The fourth-order valence-corrected chi connectivity index (χ4v) is 2.56. The molecule has 0 spiro atoms. The zero-order valence-corrected chi connectivity index (χ0v) is 11.3. The van der Waals surface area contributed by atoms with Crippen molar-refractivity contribution in [2.45, 2.75) is 0 Å². The molecule has 2 N–H and O–H groups in total. The molecule has 0 unspecified atom stereocenters. The highest BCUT2D eigenvalue weighted by molar-refractivity contribution is 9.11. The number of thiophene rings is 1. The summed E-state index contributed by atoms with van der Waals surface area (Å²) in [5.74, 6) is -1.47. The van der Waals surface area contributed by atoms with Gasteiger partial charge in [0.15, 0.2) is 0 Å². The van der Waals surface area contributed by atoms with E-state index in [4.69, 9.17) is 5.11 Å². The van der Waals surface area contributed by atoms with Crippen molar-refractivity contribution < 1.29 is 14.7 Å². The standard InChI is InChI=1S/C11H7BrN2O3S/c12-8-4-3-7(18-8)10(15)14-9-6(11(16)17)2-1-5-13-9/h1-5H,(H,16,17)(H,13,14,15). The van der Waals surface area contributed by atoms with E-state index in [1.807, 2.05) is 0 Å². The van der Waals surface area contributed by atoms with Crippen LogP contribution in [0, 0.1) is 0 Å². The monoisotopic (exact) mass is 326 g/mol. The Morgan fingerprint density at radius 1 is 1.33 bits per heavy atom. The Hall–Kier alpha value is -1.73. The molecule has 0 aliphatic carbocycles. The summed E-state index contributed by atoms with van der Waals surface area (Å²) >= 11 is 4.51. The summed E-state index contributed by atoms with van der Waals surface area (Å²) in [7, 11) is 0. The van der Waals surface area contributed by atoms with Gasteiger partial charge in [0.25, 0.3) is 5.91 Å². The first kappa shape index (κ1) is 12.7. The average molecular weight is 327 g/mol. The first-order valence-corrected chi connectivity index (χ1v) is 6.44. The summed E-state index contributed by atoms with van der Waals surface area (Å²) in [6.45, 7) is 0. The maximum Gasteiger partial charge on any atom is 0.339 e. The largest absolute Gasteiger partial charge is 0.478 e. The third kappa shape index (κ3) is 2.74. The maximum absolute atomic E-state index is 11.8. The Bertz CT molecular complexity index is 612. The van der Waals surface area contributed by atoms with E-state index in [0.29, 0.717) is 4.88 Å². The van der Waals surface area contributed by atoms with E-state index in [9.17, 15) is 9.59 Å². The SMILES string of the molecule is O=C(Nc1ncccc1C(=O)O)c1ccc(Br)s1. The molecule has 0 bridgehead atoms. The number of aromatic nitrogens is 1. The fraction of sp³-hybridized carbons (Fsp3) is 0. The van der Waals surface area contributed by atoms with Crippen molar-refractivity contribution in [3.8, 4) is 0 Å². The zero-order chi connectivity index (χ0) is 13.1. The number of nitrogens with one attached hydrogen (secondary N) is 1. The van der Waals surface area contributed by atoms with Gasteiger partial charge in [-0.2, -0.15) is 0 Å². The first-order chi connectivity index (χ1) is 8.58. The van der Waals surface area contributed by atoms with Crippen LogP contribution in [0.2, 0.25) is 0 Å². The van der Waals surface area contributed by atoms with Crippen LogP contribution in [-0.4, -0.2) is 22.0 Å². The van der Waals surface area contributed by atoms with Crippen molar-refractivity contribution in [3.05, 3.63) is 44.7 Å². The van der Waals surface area contributed by atoms with Crippen LogP contribution in [0.3, 0.4) is 0 Å². The number of pyridine rings is 1. The molecule has 0 aliphatic heterocycles. The Kier molecular flexibility index (Phi) is 3.73. The molecule has 18 heavy (non-hydrogen) atoms. The number of carbonyl (C=O) groups is 2. The van der Waals surface area contributed by atoms with Crippen LogP contribution in [0.4, 0.5) is 5.82 Å². The minimum Gasteiger partial charge on any atom is -0.478 e. The molecular formula is C11H7BrN2O3S. The second-order valence-electron chi connectivity index (χ2n) is 3.26. The molecule has 2 rings (SSSR count). The predicted molar refractivity (Wildman–Crippen MR) is 71.2 cm³/mol.